The van der Waals surface area contributed by atoms with Crippen LogP contribution in [0.15, 0.2) is 24.3 Å². The van der Waals surface area contributed by atoms with Gasteiger partial charge in [0.15, 0.2) is 0 Å². The molecule has 0 radical (unpaired) electrons. The molecule has 20 heavy (non-hydrogen) atoms. The smallest absolute Gasteiger partial charge is 0.123 e. The van der Waals surface area contributed by atoms with E-state index < -0.39 is 0 Å². The number of hydrogen-bond acceptors (Lipinski definition) is 2. The van der Waals surface area contributed by atoms with Gasteiger partial charge in [0.25, 0.3) is 0 Å². The summed E-state index contributed by atoms with van der Waals surface area (Å²) < 4.78 is 2.32. The number of fused-ring (bicyclic) bond motifs is 1. The van der Waals surface area contributed by atoms with Gasteiger partial charge in [-0.05, 0) is 43.2 Å². The van der Waals surface area contributed by atoms with Crippen molar-refractivity contribution in [1.29, 1.82) is 0 Å². The highest BCUT2D eigenvalue weighted by Crippen LogP contribution is 2.51. The van der Waals surface area contributed by atoms with Crippen molar-refractivity contribution in [2.45, 2.75) is 46.7 Å². The Kier molecular flexibility index (Phi) is 3.55. The van der Waals surface area contributed by atoms with Gasteiger partial charge in [-0.1, -0.05) is 26.0 Å². The molecule has 1 aromatic heterocycles. The molecule has 3 nitrogen and oxygen atoms in total. The predicted molar refractivity (Wildman–Crippen MR) is 83.6 cm³/mol. The molecule has 0 bridgehead atoms. The van der Waals surface area contributed by atoms with Gasteiger partial charge in [0.2, 0.25) is 0 Å². The molecular formula is C17H25N3. The van der Waals surface area contributed by atoms with Crippen LogP contribution in [0.4, 0.5) is 0 Å². The largest absolute Gasteiger partial charge is 0.327 e. The predicted octanol–water partition coefficient (Wildman–Crippen LogP) is 3.58. The molecule has 0 aliphatic heterocycles. The fraction of sp³-hybridized carbons (Fsp3) is 0.588. The van der Waals surface area contributed by atoms with Crippen molar-refractivity contribution in [2.75, 3.05) is 6.54 Å². The summed E-state index contributed by atoms with van der Waals surface area (Å²) >= 11 is 0. The van der Waals surface area contributed by atoms with Crippen LogP contribution in [0.3, 0.4) is 0 Å². The number of hydrogen-bond donors (Lipinski definition) is 1. The van der Waals surface area contributed by atoms with Gasteiger partial charge in [0.1, 0.15) is 5.82 Å². The molecule has 3 heteroatoms. The second-order valence-electron chi connectivity index (χ2n) is 6.38. The molecule has 0 atom stereocenters. The first kappa shape index (κ1) is 13.6. The number of rotatable bonds is 6. The summed E-state index contributed by atoms with van der Waals surface area (Å²) in [5.41, 5.74) is 2.91. The molecule has 1 saturated carbocycles. The Hall–Kier alpha value is -1.35. The Bertz CT molecular complexity index is 593. The van der Waals surface area contributed by atoms with Gasteiger partial charge in [-0.3, -0.25) is 0 Å². The van der Waals surface area contributed by atoms with Gasteiger partial charge >= 0.3 is 0 Å². The Balaban J connectivity index is 1.71. The summed E-state index contributed by atoms with van der Waals surface area (Å²) in [7, 11) is 0. The molecule has 1 aliphatic carbocycles. The van der Waals surface area contributed by atoms with E-state index in [-0.39, 0.29) is 0 Å². The first-order valence-electron chi connectivity index (χ1n) is 7.81. The van der Waals surface area contributed by atoms with Crippen molar-refractivity contribution in [3.05, 3.63) is 30.1 Å². The Morgan fingerprint density at radius 3 is 2.70 bits per heavy atom. The van der Waals surface area contributed by atoms with Crippen LogP contribution < -0.4 is 5.32 Å². The van der Waals surface area contributed by atoms with E-state index in [4.69, 9.17) is 4.98 Å². The minimum absolute atomic E-state index is 0.559. The zero-order valence-electron chi connectivity index (χ0n) is 12.8. The Morgan fingerprint density at radius 2 is 2.05 bits per heavy atom. The van der Waals surface area contributed by atoms with Crippen LogP contribution in [-0.2, 0) is 13.1 Å². The second-order valence-corrected chi connectivity index (χ2v) is 6.38. The number of aryl methyl sites for hydroxylation is 1. The van der Waals surface area contributed by atoms with E-state index in [0.717, 1.165) is 36.9 Å². The molecule has 3 rings (SSSR count). The van der Waals surface area contributed by atoms with Crippen molar-refractivity contribution in [3.63, 3.8) is 0 Å². The zero-order chi connectivity index (χ0) is 14.2. The summed E-state index contributed by atoms with van der Waals surface area (Å²) in [4.78, 5) is 4.77. The van der Waals surface area contributed by atoms with E-state index in [1.54, 1.807) is 0 Å². The van der Waals surface area contributed by atoms with Crippen LogP contribution in [-0.4, -0.2) is 16.1 Å². The maximum Gasteiger partial charge on any atom is 0.123 e. The minimum atomic E-state index is 0.559. The van der Waals surface area contributed by atoms with Crippen LogP contribution in [0, 0.1) is 11.3 Å². The van der Waals surface area contributed by atoms with Crippen LogP contribution in [0.2, 0.25) is 0 Å². The summed E-state index contributed by atoms with van der Waals surface area (Å²) in [6, 6.07) is 8.41. The zero-order valence-corrected chi connectivity index (χ0v) is 12.8. The highest BCUT2D eigenvalue weighted by Gasteiger charge is 2.44. The molecule has 1 heterocycles. The lowest BCUT2D eigenvalue weighted by molar-refractivity contribution is 0.335. The highest BCUT2D eigenvalue weighted by atomic mass is 15.1. The molecule has 0 unspecified atom stereocenters. The van der Waals surface area contributed by atoms with E-state index in [1.165, 1.54) is 18.4 Å². The first-order valence-corrected chi connectivity index (χ1v) is 7.81. The maximum absolute atomic E-state index is 4.77. The fourth-order valence-electron chi connectivity index (χ4n) is 3.16. The number of nitrogens with zero attached hydrogens (tertiary/aromatic N) is 2. The highest BCUT2D eigenvalue weighted by molar-refractivity contribution is 5.75. The molecule has 1 fully saturated rings. The maximum atomic E-state index is 4.77. The molecule has 2 aromatic rings. The van der Waals surface area contributed by atoms with E-state index in [2.05, 4.69) is 54.9 Å². The average Bonchev–Trinajstić information content (AvgIpc) is 3.14. The van der Waals surface area contributed by atoms with Crippen LogP contribution in [0.5, 0.6) is 0 Å². The Labute approximate surface area is 121 Å². The lowest BCUT2D eigenvalue weighted by atomic mass is 9.92. The third-order valence-corrected chi connectivity index (χ3v) is 4.93. The van der Waals surface area contributed by atoms with Crippen LogP contribution in [0.1, 0.15) is 39.4 Å². The van der Waals surface area contributed by atoms with E-state index >= 15 is 0 Å². The molecule has 1 N–H and O–H groups in total. The van der Waals surface area contributed by atoms with Crippen molar-refractivity contribution in [1.82, 2.24) is 14.9 Å². The van der Waals surface area contributed by atoms with Gasteiger partial charge in [0, 0.05) is 13.1 Å². The van der Waals surface area contributed by atoms with E-state index in [1.807, 2.05) is 0 Å². The van der Waals surface area contributed by atoms with Crippen LogP contribution in [0.25, 0.3) is 11.0 Å². The van der Waals surface area contributed by atoms with Gasteiger partial charge in [-0.15, -0.1) is 0 Å². The molecule has 0 amide bonds. The monoisotopic (exact) mass is 271 g/mol. The average molecular weight is 271 g/mol. The van der Waals surface area contributed by atoms with Gasteiger partial charge in [-0.2, -0.15) is 0 Å². The molecule has 1 aromatic carbocycles. The van der Waals surface area contributed by atoms with Gasteiger partial charge in [-0.25, -0.2) is 4.98 Å². The van der Waals surface area contributed by atoms with Gasteiger partial charge < -0.3 is 9.88 Å². The van der Waals surface area contributed by atoms with Crippen molar-refractivity contribution >= 4 is 11.0 Å². The second kappa shape index (κ2) is 5.21. The first-order chi connectivity index (χ1) is 9.66. The third kappa shape index (κ3) is 2.35. The van der Waals surface area contributed by atoms with Gasteiger partial charge in [0.05, 0.1) is 17.6 Å². The van der Waals surface area contributed by atoms with Crippen molar-refractivity contribution in [3.8, 4) is 0 Å². The Morgan fingerprint density at radius 1 is 1.30 bits per heavy atom. The topological polar surface area (TPSA) is 29.9 Å². The number of aromatic nitrogens is 2. The minimum Gasteiger partial charge on any atom is -0.327 e. The molecule has 1 aliphatic rings. The third-order valence-electron chi connectivity index (χ3n) is 4.93. The summed E-state index contributed by atoms with van der Waals surface area (Å²) in [6.45, 7) is 9.85. The lowest BCUT2D eigenvalue weighted by Gasteiger charge is -2.20. The van der Waals surface area contributed by atoms with Crippen molar-refractivity contribution < 1.29 is 0 Å². The quantitative estimate of drug-likeness (QED) is 0.870. The van der Waals surface area contributed by atoms with E-state index in [9.17, 15) is 0 Å². The summed E-state index contributed by atoms with van der Waals surface area (Å²) in [5, 5.41) is 3.64. The molecule has 0 saturated heterocycles. The SMILES string of the molecule is CCn1c(CNCC2(C(C)C)CC2)nc2ccccc21. The van der Waals surface area contributed by atoms with Crippen molar-refractivity contribution in [2.24, 2.45) is 11.3 Å². The summed E-state index contributed by atoms with van der Waals surface area (Å²) in [6.07, 6.45) is 2.75. The number of imidazole rings is 1. The number of para-hydroxylation sites is 2. The molecule has 0 spiro atoms. The lowest BCUT2D eigenvalue weighted by Crippen LogP contribution is -2.28. The number of nitrogens with one attached hydrogen (secondary N) is 1. The van der Waals surface area contributed by atoms with Crippen LogP contribution >= 0.6 is 0 Å². The standard InChI is InChI=1S/C17H25N3/c1-4-20-15-8-6-5-7-14(15)19-16(20)11-18-12-17(9-10-17)13(2)3/h5-8,13,18H,4,9-12H2,1-3H3. The summed E-state index contributed by atoms with van der Waals surface area (Å²) in [5.74, 6) is 1.94. The van der Waals surface area contributed by atoms with E-state index in [0.29, 0.717) is 5.41 Å². The molecule has 108 valence electrons. The molecular weight excluding hydrogens is 246 g/mol. The normalized spacial score (nSPS) is 17.0. The fourth-order valence-corrected chi connectivity index (χ4v) is 3.16. The number of benzene rings is 1.